The summed E-state index contributed by atoms with van der Waals surface area (Å²) in [7, 11) is 1.51. The minimum Gasteiger partial charge on any atom is -0.493 e. The molecule has 2 aromatic carbocycles. The van der Waals surface area contributed by atoms with E-state index in [9.17, 15) is 14.9 Å². The molecular weight excluding hydrogens is 490 g/mol. The number of methoxy groups -OCH3 is 1. The van der Waals surface area contributed by atoms with E-state index in [-0.39, 0.29) is 23.5 Å². The van der Waals surface area contributed by atoms with E-state index in [0.717, 1.165) is 18.4 Å². The number of terminal acetylenes is 1. The molecule has 3 aliphatic rings. The average molecular weight is 512 g/mol. The number of ether oxygens (including phenoxy) is 2. The van der Waals surface area contributed by atoms with E-state index >= 15 is 0 Å². The zero-order chi connectivity index (χ0) is 23.3. The molecule has 5 rings (SSSR count). The van der Waals surface area contributed by atoms with Gasteiger partial charge in [-0.3, -0.25) is 19.8 Å². The average Bonchev–Trinajstić information content (AvgIpc) is 3.45. The number of nitrogens with zero attached hydrogens (tertiary/aromatic N) is 2. The highest BCUT2D eigenvalue weighted by atomic mass is 79.9. The molecular formula is C24H22BrN3O5. The minimum absolute atomic E-state index is 0.0612. The molecule has 3 heterocycles. The summed E-state index contributed by atoms with van der Waals surface area (Å²) in [6.07, 6.45) is 6.96. The maximum Gasteiger partial charge on any atom is 0.256 e. The van der Waals surface area contributed by atoms with Gasteiger partial charge < -0.3 is 14.8 Å². The first kappa shape index (κ1) is 21.7. The Labute approximate surface area is 199 Å². The molecule has 1 N–H and O–H groups in total. The van der Waals surface area contributed by atoms with Gasteiger partial charge in [0.2, 0.25) is 0 Å². The van der Waals surface area contributed by atoms with Gasteiger partial charge >= 0.3 is 0 Å². The van der Waals surface area contributed by atoms with Crippen LogP contribution in [0.1, 0.15) is 29.9 Å². The third-order valence-electron chi connectivity index (χ3n) is 7.03. The SMILES string of the molecule is C#CCOc1c(Br)cc([C@@H]2[C@@H]3CCCN3[C@]3(C(=O)Nc4ccccc43)[C@@H]2[N+](=O)[O-])cc1OC. The molecule has 9 heteroatoms. The van der Waals surface area contributed by atoms with E-state index in [1.807, 2.05) is 24.3 Å². The van der Waals surface area contributed by atoms with Crippen molar-refractivity contribution in [2.24, 2.45) is 0 Å². The first-order chi connectivity index (χ1) is 15.9. The van der Waals surface area contributed by atoms with E-state index in [0.29, 0.717) is 33.8 Å². The Morgan fingerprint density at radius 3 is 2.91 bits per heavy atom. The zero-order valence-corrected chi connectivity index (χ0v) is 19.5. The minimum atomic E-state index is -1.36. The quantitative estimate of drug-likeness (QED) is 0.375. The predicted octanol–water partition coefficient (Wildman–Crippen LogP) is 3.52. The first-order valence-corrected chi connectivity index (χ1v) is 11.5. The number of para-hydroxylation sites is 1. The van der Waals surface area contributed by atoms with Crippen molar-refractivity contribution in [2.45, 2.75) is 36.4 Å². The lowest BCUT2D eigenvalue weighted by atomic mass is 9.77. The van der Waals surface area contributed by atoms with Crippen LogP contribution in [-0.2, 0) is 10.3 Å². The molecule has 0 unspecified atom stereocenters. The van der Waals surface area contributed by atoms with Crippen molar-refractivity contribution in [3.05, 3.63) is 62.1 Å². The zero-order valence-electron chi connectivity index (χ0n) is 17.9. The fourth-order valence-electron chi connectivity index (χ4n) is 5.96. The van der Waals surface area contributed by atoms with Gasteiger partial charge in [0, 0.05) is 28.8 Å². The van der Waals surface area contributed by atoms with Crippen LogP contribution < -0.4 is 14.8 Å². The Kier molecular flexibility index (Phi) is 5.30. The summed E-state index contributed by atoms with van der Waals surface area (Å²) in [5.74, 6) is 2.44. The summed E-state index contributed by atoms with van der Waals surface area (Å²) in [4.78, 5) is 28.0. The third-order valence-corrected chi connectivity index (χ3v) is 7.62. The number of carbonyl (C=O) groups is 1. The number of rotatable bonds is 5. The van der Waals surface area contributed by atoms with Crippen molar-refractivity contribution in [1.82, 2.24) is 4.90 Å². The number of fused-ring (bicyclic) bond motifs is 4. The molecule has 0 saturated carbocycles. The van der Waals surface area contributed by atoms with Gasteiger partial charge in [-0.2, -0.15) is 0 Å². The smallest absolute Gasteiger partial charge is 0.256 e. The molecule has 0 radical (unpaired) electrons. The van der Waals surface area contributed by atoms with Gasteiger partial charge in [-0.1, -0.05) is 24.1 Å². The van der Waals surface area contributed by atoms with Gasteiger partial charge in [-0.25, -0.2) is 0 Å². The third kappa shape index (κ3) is 2.97. The second-order valence-corrected chi connectivity index (χ2v) is 9.31. The predicted molar refractivity (Wildman–Crippen MR) is 125 cm³/mol. The van der Waals surface area contributed by atoms with E-state index in [4.69, 9.17) is 15.9 Å². The maximum atomic E-state index is 13.5. The summed E-state index contributed by atoms with van der Waals surface area (Å²) >= 11 is 3.52. The highest BCUT2D eigenvalue weighted by molar-refractivity contribution is 9.10. The largest absolute Gasteiger partial charge is 0.493 e. The summed E-state index contributed by atoms with van der Waals surface area (Å²) in [6.45, 7) is 0.681. The number of nitrogens with one attached hydrogen (secondary N) is 1. The fraction of sp³-hybridized carbons (Fsp3) is 0.375. The molecule has 4 atom stereocenters. The number of benzene rings is 2. The molecule has 2 fully saturated rings. The molecule has 0 aromatic heterocycles. The van der Waals surface area contributed by atoms with Crippen LogP contribution in [0.3, 0.4) is 0 Å². The highest BCUT2D eigenvalue weighted by Crippen LogP contribution is 2.58. The topological polar surface area (TPSA) is 93.9 Å². The Hall–Kier alpha value is -3.09. The maximum absolute atomic E-state index is 13.5. The summed E-state index contributed by atoms with van der Waals surface area (Å²) in [5, 5.41) is 15.6. The Balaban J connectivity index is 1.70. The van der Waals surface area contributed by atoms with Crippen LogP contribution in [0.4, 0.5) is 5.69 Å². The van der Waals surface area contributed by atoms with Crippen LogP contribution in [0.5, 0.6) is 11.5 Å². The Morgan fingerprint density at radius 2 is 2.18 bits per heavy atom. The van der Waals surface area contributed by atoms with Gasteiger partial charge in [0.25, 0.3) is 11.9 Å². The lowest BCUT2D eigenvalue weighted by Gasteiger charge is -2.32. The highest BCUT2D eigenvalue weighted by Gasteiger charge is 2.73. The molecule has 33 heavy (non-hydrogen) atoms. The van der Waals surface area contributed by atoms with Crippen molar-refractivity contribution < 1.29 is 19.2 Å². The van der Waals surface area contributed by atoms with Crippen LogP contribution in [0.25, 0.3) is 0 Å². The molecule has 0 bridgehead atoms. The lowest BCUT2D eigenvalue weighted by Crippen LogP contribution is -2.55. The van der Waals surface area contributed by atoms with Gasteiger partial charge in [0.15, 0.2) is 17.0 Å². The van der Waals surface area contributed by atoms with Crippen LogP contribution in [-0.4, -0.2) is 48.1 Å². The monoisotopic (exact) mass is 511 g/mol. The van der Waals surface area contributed by atoms with Gasteiger partial charge in [-0.05, 0) is 52.5 Å². The van der Waals surface area contributed by atoms with E-state index < -0.39 is 17.5 Å². The second-order valence-electron chi connectivity index (χ2n) is 8.45. The van der Waals surface area contributed by atoms with Crippen LogP contribution in [0, 0.1) is 22.5 Å². The second kappa shape index (κ2) is 8.04. The van der Waals surface area contributed by atoms with Gasteiger partial charge in [-0.15, -0.1) is 6.42 Å². The number of nitro groups is 1. The van der Waals surface area contributed by atoms with Crippen molar-refractivity contribution >= 4 is 27.5 Å². The molecule has 2 aromatic rings. The van der Waals surface area contributed by atoms with E-state index in [2.05, 4.69) is 32.1 Å². The lowest BCUT2D eigenvalue weighted by molar-refractivity contribution is -0.534. The van der Waals surface area contributed by atoms with Crippen LogP contribution in [0.2, 0.25) is 0 Å². The number of hydrogen-bond donors (Lipinski definition) is 1. The van der Waals surface area contributed by atoms with Crippen molar-refractivity contribution in [3.8, 4) is 23.8 Å². The molecule has 1 spiro atoms. The Bertz CT molecular complexity index is 1200. The number of carbonyl (C=O) groups excluding carboxylic acids is 1. The molecule has 2 saturated heterocycles. The summed E-state index contributed by atoms with van der Waals surface area (Å²) < 4.78 is 11.8. The van der Waals surface area contributed by atoms with Gasteiger partial charge in [0.1, 0.15) is 6.61 Å². The van der Waals surface area contributed by atoms with Crippen molar-refractivity contribution in [2.75, 3.05) is 25.6 Å². The van der Waals surface area contributed by atoms with Gasteiger partial charge in [0.05, 0.1) is 17.5 Å². The molecule has 0 aliphatic carbocycles. The summed E-state index contributed by atoms with van der Waals surface area (Å²) in [6, 6.07) is 9.54. The van der Waals surface area contributed by atoms with Crippen molar-refractivity contribution in [3.63, 3.8) is 0 Å². The van der Waals surface area contributed by atoms with E-state index in [1.165, 1.54) is 7.11 Å². The number of anilines is 1. The van der Waals surface area contributed by atoms with Crippen LogP contribution >= 0.6 is 15.9 Å². The fourth-order valence-corrected chi connectivity index (χ4v) is 6.54. The van der Waals surface area contributed by atoms with Crippen LogP contribution in [0.15, 0.2) is 40.9 Å². The normalized spacial score (nSPS) is 27.7. The first-order valence-electron chi connectivity index (χ1n) is 10.7. The number of halogens is 1. The Morgan fingerprint density at radius 1 is 1.39 bits per heavy atom. The number of hydrogen-bond acceptors (Lipinski definition) is 6. The number of amides is 1. The molecule has 1 amide bonds. The standard InChI is InChI=1S/C24H22BrN3O5/c1-3-11-33-21-16(25)12-14(13-19(21)32-2)20-18-9-6-10-27(18)24(22(20)28(30)31)15-7-4-5-8-17(15)26-23(24)29/h1,4-5,7-8,12-13,18,20,22H,6,9-11H2,2H3,(H,26,29)/t18-,20+,22+,24-/m0/s1. The molecule has 170 valence electrons. The molecule has 3 aliphatic heterocycles. The summed E-state index contributed by atoms with van der Waals surface area (Å²) in [5.41, 5.74) is 0.674. The molecule has 8 nitrogen and oxygen atoms in total. The van der Waals surface area contributed by atoms with E-state index in [1.54, 1.807) is 12.1 Å². The van der Waals surface area contributed by atoms with Crippen molar-refractivity contribution in [1.29, 1.82) is 0 Å².